The first kappa shape index (κ1) is 8.44. The van der Waals surface area contributed by atoms with E-state index in [4.69, 9.17) is 0 Å². The molecule has 2 rings (SSSR count). The lowest BCUT2D eigenvalue weighted by atomic mass is 10.1. The smallest absolute Gasteiger partial charge is 0.101 e. The van der Waals surface area contributed by atoms with E-state index in [0.717, 1.165) is 23.2 Å². The van der Waals surface area contributed by atoms with Crippen molar-refractivity contribution in [3.63, 3.8) is 0 Å². The molecule has 0 unspecified atom stereocenters. The van der Waals surface area contributed by atoms with Crippen LogP contribution in [-0.4, -0.2) is 23.5 Å². The Labute approximate surface area is 86.1 Å². The van der Waals surface area contributed by atoms with Gasteiger partial charge in [-0.05, 0) is 41.3 Å². The molecule has 1 aromatic rings. The van der Waals surface area contributed by atoms with Gasteiger partial charge in [0, 0.05) is 25.2 Å². The molecule has 0 aromatic carbocycles. The van der Waals surface area contributed by atoms with Gasteiger partial charge in [-0.2, -0.15) is 0 Å². The van der Waals surface area contributed by atoms with Crippen LogP contribution in [0.2, 0.25) is 0 Å². The number of hydrogen-bond acceptors (Lipinski definition) is 2. The molecule has 64 valence electrons. The number of halogens is 1. The molecule has 0 spiro atoms. The van der Waals surface area contributed by atoms with Gasteiger partial charge >= 0.3 is 0 Å². The van der Waals surface area contributed by atoms with E-state index in [-0.39, 0.29) is 0 Å². The number of fused-ring (bicyclic) bond motifs is 1. The van der Waals surface area contributed by atoms with Gasteiger partial charge in [-0.3, -0.25) is 0 Å². The van der Waals surface area contributed by atoms with Crippen LogP contribution in [0.25, 0.3) is 0 Å². The predicted octanol–water partition coefficient (Wildman–Crippen LogP) is 1.67. The minimum Gasteiger partial charge on any atom is -0.302 e. The molecule has 0 atom stereocenters. The van der Waals surface area contributed by atoms with Gasteiger partial charge in [0.2, 0.25) is 0 Å². The van der Waals surface area contributed by atoms with Gasteiger partial charge in [-0.1, -0.05) is 6.07 Å². The monoisotopic (exact) mass is 274 g/mol. The maximum Gasteiger partial charge on any atom is 0.101 e. The van der Waals surface area contributed by atoms with Crippen molar-refractivity contribution >= 4 is 22.6 Å². The van der Waals surface area contributed by atoms with Gasteiger partial charge < -0.3 is 4.90 Å². The highest BCUT2D eigenvalue weighted by Gasteiger charge is 2.13. The highest BCUT2D eigenvalue weighted by atomic mass is 127. The van der Waals surface area contributed by atoms with Gasteiger partial charge in [0.15, 0.2) is 0 Å². The van der Waals surface area contributed by atoms with E-state index < -0.39 is 0 Å². The lowest BCUT2D eigenvalue weighted by Crippen LogP contribution is -2.27. The molecule has 1 aromatic heterocycles. The molecule has 2 nitrogen and oxygen atoms in total. The van der Waals surface area contributed by atoms with Gasteiger partial charge in [0.05, 0.1) is 0 Å². The molecule has 0 radical (unpaired) electrons. The van der Waals surface area contributed by atoms with Crippen LogP contribution >= 0.6 is 22.6 Å². The summed E-state index contributed by atoms with van der Waals surface area (Å²) >= 11 is 2.27. The van der Waals surface area contributed by atoms with Crippen molar-refractivity contribution in [2.75, 3.05) is 13.6 Å². The van der Waals surface area contributed by atoms with Gasteiger partial charge in [-0.25, -0.2) is 4.98 Å². The van der Waals surface area contributed by atoms with E-state index in [0.29, 0.717) is 0 Å². The van der Waals surface area contributed by atoms with Crippen LogP contribution in [0.15, 0.2) is 12.1 Å². The number of hydrogen-bond donors (Lipinski definition) is 0. The Kier molecular flexibility index (Phi) is 2.32. The van der Waals surface area contributed by atoms with E-state index in [2.05, 4.69) is 51.7 Å². The Bertz CT molecular complexity index is 299. The van der Waals surface area contributed by atoms with Gasteiger partial charge in [-0.15, -0.1) is 0 Å². The van der Waals surface area contributed by atoms with Crippen molar-refractivity contribution in [1.82, 2.24) is 9.88 Å². The first-order valence-corrected chi connectivity index (χ1v) is 5.16. The molecule has 1 aliphatic heterocycles. The summed E-state index contributed by atoms with van der Waals surface area (Å²) in [7, 11) is 2.15. The summed E-state index contributed by atoms with van der Waals surface area (Å²) in [6.07, 6.45) is 1.10. The van der Waals surface area contributed by atoms with Crippen LogP contribution in [0.1, 0.15) is 11.3 Å². The van der Waals surface area contributed by atoms with Crippen molar-refractivity contribution in [1.29, 1.82) is 0 Å². The fraction of sp³-hybridized carbons (Fsp3) is 0.444. The molecular weight excluding hydrogens is 263 g/mol. The molecule has 2 heterocycles. The van der Waals surface area contributed by atoms with Crippen LogP contribution in [0, 0.1) is 3.70 Å². The summed E-state index contributed by atoms with van der Waals surface area (Å²) in [6, 6.07) is 4.28. The predicted molar refractivity (Wildman–Crippen MR) is 57.0 cm³/mol. The highest BCUT2D eigenvalue weighted by Crippen LogP contribution is 2.16. The molecule has 3 heteroatoms. The second kappa shape index (κ2) is 3.30. The normalized spacial score (nSPS) is 17.5. The Morgan fingerprint density at radius 2 is 2.33 bits per heavy atom. The van der Waals surface area contributed by atoms with Crippen LogP contribution < -0.4 is 0 Å². The molecule has 12 heavy (non-hydrogen) atoms. The maximum atomic E-state index is 4.51. The van der Waals surface area contributed by atoms with Crippen LogP contribution in [0.3, 0.4) is 0 Å². The van der Waals surface area contributed by atoms with Crippen molar-refractivity contribution in [3.8, 4) is 0 Å². The fourth-order valence-corrected chi connectivity index (χ4v) is 2.00. The van der Waals surface area contributed by atoms with E-state index in [1.165, 1.54) is 11.3 Å². The Morgan fingerprint density at radius 3 is 3.17 bits per heavy atom. The highest BCUT2D eigenvalue weighted by molar-refractivity contribution is 14.1. The molecule has 1 aliphatic rings. The average molecular weight is 274 g/mol. The van der Waals surface area contributed by atoms with Crippen LogP contribution in [-0.2, 0) is 13.0 Å². The number of rotatable bonds is 0. The summed E-state index contributed by atoms with van der Waals surface area (Å²) in [5.41, 5.74) is 2.68. The summed E-state index contributed by atoms with van der Waals surface area (Å²) in [6.45, 7) is 2.19. The standard InChI is InChI=1S/C9H11IN2/c1-12-5-4-8-7(6-12)2-3-9(10)11-8/h2-3H,4-6H2,1H3. The summed E-state index contributed by atoms with van der Waals surface area (Å²) in [5, 5.41) is 0. The van der Waals surface area contributed by atoms with Crippen LogP contribution in [0.5, 0.6) is 0 Å². The third-order valence-electron chi connectivity index (χ3n) is 2.21. The van der Waals surface area contributed by atoms with E-state index >= 15 is 0 Å². The molecule has 0 saturated heterocycles. The van der Waals surface area contributed by atoms with Crippen molar-refractivity contribution in [2.45, 2.75) is 13.0 Å². The molecule has 0 aliphatic carbocycles. The number of nitrogens with zero attached hydrogens (tertiary/aromatic N) is 2. The molecular formula is C9H11IN2. The minimum absolute atomic E-state index is 1.05. The molecule has 0 bridgehead atoms. The Morgan fingerprint density at radius 1 is 1.50 bits per heavy atom. The number of likely N-dealkylation sites (N-methyl/N-ethyl adjacent to an activating group) is 1. The summed E-state index contributed by atoms with van der Waals surface area (Å²) in [5.74, 6) is 0. The lowest BCUT2D eigenvalue weighted by Gasteiger charge is -2.23. The first-order valence-electron chi connectivity index (χ1n) is 4.08. The van der Waals surface area contributed by atoms with Gasteiger partial charge in [0.1, 0.15) is 3.70 Å². The Balaban J connectivity index is 2.37. The third kappa shape index (κ3) is 1.61. The lowest BCUT2D eigenvalue weighted by molar-refractivity contribution is 0.309. The summed E-state index contributed by atoms with van der Waals surface area (Å²) < 4.78 is 1.11. The molecule has 0 N–H and O–H groups in total. The SMILES string of the molecule is CN1CCc2nc(I)ccc2C1. The topological polar surface area (TPSA) is 16.1 Å². The number of pyridine rings is 1. The fourth-order valence-electron chi connectivity index (χ4n) is 1.53. The minimum atomic E-state index is 1.05. The number of aromatic nitrogens is 1. The van der Waals surface area contributed by atoms with Crippen LogP contribution in [0.4, 0.5) is 0 Å². The molecule has 0 fully saturated rings. The van der Waals surface area contributed by atoms with Crippen molar-refractivity contribution in [2.24, 2.45) is 0 Å². The second-order valence-corrected chi connectivity index (χ2v) is 4.33. The van der Waals surface area contributed by atoms with Crippen molar-refractivity contribution in [3.05, 3.63) is 27.1 Å². The zero-order valence-electron chi connectivity index (χ0n) is 7.05. The Hall–Kier alpha value is -0.160. The van der Waals surface area contributed by atoms with Gasteiger partial charge in [0.25, 0.3) is 0 Å². The maximum absolute atomic E-state index is 4.51. The quantitative estimate of drug-likeness (QED) is 0.528. The third-order valence-corrected chi connectivity index (χ3v) is 2.81. The first-order chi connectivity index (χ1) is 5.75. The van der Waals surface area contributed by atoms with Crippen molar-refractivity contribution < 1.29 is 0 Å². The van der Waals surface area contributed by atoms with E-state index in [9.17, 15) is 0 Å². The molecule has 0 saturated carbocycles. The molecule has 0 amide bonds. The second-order valence-electron chi connectivity index (χ2n) is 3.23. The van der Waals surface area contributed by atoms with E-state index in [1.807, 2.05) is 0 Å². The summed E-state index contributed by atoms with van der Waals surface area (Å²) in [4.78, 5) is 6.84. The zero-order chi connectivity index (χ0) is 8.55. The van der Waals surface area contributed by atoms with E-state index in [1.54, 1.807) is 0 Å². The largest absolute Gasteiger partial charge is 0.302 e. The average Bonchev–Trinajstić information content (AvgIpc) is 2.05. The zero-order valence-corrected chi connectivity index (χ0v) is 9.21.